The second-order valence-corrected chi connectivity index (χ2v) is 5.51. The molecule has 0 aromatic heterocycles. The van der Waals surface area contributed by atoms with Gasteiger partial charge >= 0.3 is 0 Å². The molecule has 2 rings (SSSR count). The summed E-state index contributed by atoms with van der Waals surface area (Å²) in [5.41, 5.74) is 3.89. The van der Waals surface area contributed by atoms with Crippen LogP contribution in [0.2, 0.25) is 0 Å². The van der Waals surface area contributed by atoms with Gasteiger partial charge in [-0.25, -0.2) is 0 Å². The number of hydrogen-bond acceptors (Lipinski definition) is 1. The van der Waals surface area contributed by atoms with Crippen LogP contribution in [-0.2, 0) is 0 Å². The summed E-state index contributed by atoms with van der Waals surface area (Å²) < 4.78 is 1.00. The van der Waals surface area contributed by atoms with Gasteiger partial charge in [-0.1, -0.05) is 83.8 Å². The predicted molar refractivity (Wildman–Crippen MR) is 96.1 cm³/mol. The molecular weight excluding hydrogens is 330 g/mol. The molecule has 0 aliphatic rings. The summed E-state index contributed by atoms with van der Waals surface area (Å²) in [5, 5.41) is 3.29. The lowest BCUT2D eigenvalue weighted by Gasteiger charge is -2.14. The van der Waals surface area contributed by atoms with Crippen molar-refractivity contribution in [1.29, 1.82) is 0 Å². The van der Waals surface area contributed by atoms with Crippen molar-refractivity contribution in [2.24, 2.45) is 0 Å². The molecule has 100 valence electrons. The molecule has 0 atom stereocenters. The average Bonchev–Trinajstić information content (AvgIpc) is 2.47. The van der Waals surface area contributed by atoms with E-state index in [0.717, 1.165) is 26.9 Å². The van der Waals surface area contributed by atoms with Crippen LogP contribution in [0, 0.1) is 0 Å². The highest BCUT2D eigenvalue weighted by molar-refractivity contribution is 9.10. The van der Waals surface area contributed by atoms with Crippen LogP contribution in [0.1, 0.15) is 16.7 Å². The zero-order valence-corrected chi connectivity index (χ0v) is 13.3. The molecule has 0 spiro atoms. The molecule has 2 aromatic rings. The highest BCUT2D eigenvalue weighted by Crippen LogP contribution is 2.24. The minimum atomic E-state index is 0.670. The molecule has 0 bridgehead atoms. The van der Waals surface area contributed by atoms with Crippen LogP contribution >= 0.6 is 28.1 Å². The van der Waals surface area contributed by atoms with Gasteiger partial charge in [0.05, 0.1) is 5.69 Å². The molecule has 0 unspecified atom stereocenters. The van der Waals surface area contributed by atoms with E-state index in [2.05, 4.69) is 34.4 Å². The number of hydrogen-bond donors (Lipinski definition) is 1. The Balaban J connectivity index is 2.37. The first kappa shape index (κ1) is 14.7. The van der Waals surface area contributed by atoms with Crippen LogP contribution < -0.4 is 5.32 Å². The van der Waals surface area contributed by atoms with Gasteiger partial charge in [-0.15, -0.1) is 0 Å². The van der Waals surface area contributed by atoms with Gasteiger partial charge in [-0.2, -0.15) is 0 Å². The van der Waals surface area contributed by atoms with Gasteiger partial charge in [0, 0.05) is 10.0 Å². The third-order valence-corrected chi connectivity index (χ3v) is 3.73. The topological polar surface area (TPSA) is 12.0 Å². The summed E-state index contributed by atoms with van der Waals surface area (Å²) in [6.45, 7) is 7.67. The highest BCUT2D eigenvalue weighted by Gasteiger charge is 2.08. The SMILES string of the molecule is C=Cc1cccc(C=C)c1NC(=S)c1cccc(Br)c1. The molecule has 1 nitrogen and oxygen atoms in total. The van der Waals surface area contributed by atoms with Crippen molar-refractivity contribution in [2.75, 3.05) is 5.32 Å². The normalized spacial score (nSPS) is 9.85. The van der Waals surface area contributed by atoms with Crippen LogP contribution in [0.3, 0.4) is 0 Å². The van der Waals surface area contributed by atoms with Crippen LogP contribution in [-0.4, -0.2) is 4.99 Å². The maximum absolute atomic E-state index is 5.48. The van der Waals surface area contributed by atoms with Crippen LogP contribution in [0.5, 0.6) is 0 Å². The Morgan fingerprint density at radius 2 is 1.65 bits per heavy atom. The lowest BCUT2D eigenvalue weighted by atomic mass is 10.1. The van der Waals surface area contributed by atoms with E-state index < -0.39 is 0 Å². The van der Waals surface area contributed by atoms with E-state index in [9.17, 15) is 0 Å². The fourth-order valence-electron chi connectivity index (χ4n) is 1.89. The third-order valence-electron chi connectivity index (χ3n) is 2.89. The Morgan fingerprint density at radius 1 is 1.05 bits per heavy atom. The Morgan fingerprint density at radius 3 is 2.20 bits per heavy atom. The quantitative estimate of drug-likeness (QED) is 0.733. The van der Waals surface area contributed by atoms with Crippen molar-refractivity contribution >= 4 is 51.0 Å². The first-order valence-electron chi connectivity index (χ1n) is 6.10. The molecule has 0 heterocycles. The van der Waals surface area contributed by atoms with Crippen LogP contribution in [0.4, 0.5) is 5.69 Å². The highest BCUT2D eigenvalue weighted by atomic mass is 79.9. The molecule has 0 saturated carbocycles. The first-order valence-corrected chi connectivity index (χ1v) is 7.30. The Bertz CT molecular complexity index is 650. The number of halogens is 1. The zero-order valence-electron chi connectivity index (χ0n) is 10.9. The van der Waals surface area contributed by atoms with E-state index in [4.69, 9.17) is 12.2 Å². The lowest BCUT2D eigenvalue weighted by Crippen LogP contribution is -2.12. The van der Waals surface area contributed by atoms with Gasteiger partial charge in [0.15, 0.2) is 0 Å². The first-order chi connectivity index (χ1) is 9.65. The number of anilines is 1. The summed E-state index contributed by atoms with van der Waals surface area (Å²) in [6, 6.07) is 13.9. The lowest BCUT2D eigenvalue weighted by molar-refractivity contribution is 1.55. The van der Waals surface area contributed by atoms with Gasteiger partial charge in [0.1, 0.15) is 4.99 Å². The molecule has 2 aromatic carbocycles. The van der Waals surface area contributed by atoms with E-state index in [1.807, 2.05) is 42.5 Å². The number of benzene rings is 2. The van der Waals surface area contributed by atoms with Crippen LogP contribution in [0.25, 0.3) is 12.2 Å². The molecule has 0 aliphatic carbocycles. The Hall–Kier alpha value is -1.71. The zero-order chi connectivity index (χ0) is 14.5. The largest absolute Gasteiger partial charge is 0.345 e. The van der Waals surface area contributed by atoms with Gasteiger partial charge < -0.3 is 5.32 Å². The smallest absolute Gasteiger partial charge is 0.111 e. The number of para-hydroxylation sites is 1. The van der Waals surface area contributed by atoms with Crippen molar-refractivity contribution in [3.05, 3.63) is 76.8 Å². The maximum atomic E-state index is 5.48. The van der Waals surface area contributed by atoms with Gasteiger partial charge in [-0.3, -0.25) is 0 Å². The summed E-state index contributed by atoms with van der Waals surface area (Å²) >= 11 is 8.93. The number of nitrogens with one attached hydrogen (secondary N) is 1. The Kier molecular flexibility index (Phi) is 4.88. The van der Waals surface area contributed by atoms with Gasteiger partial charge in [0.2, 0.25) is 0 Å². The maximum Gasteiger partial charge on any atom is 0.111 e. The molecule has 0 radical (unpaired) electrons. The van der Waals surface area contributed by atoms with Gasteiger partial charge in [0.25, 0.3) is 0 Å². The number of thiocarbonyl (C=S) groups is 1. The van der Waals surface area contributed by atoms with Crippen molar-refractivity contribution in [3.63, 3.8) is 0 Å². The summed E-state index contributed by atoms with van der Waals surface area (Å²) in [4.78, 5) is 0.670. The van der Waals surface area contributed by atoms with E-state index in [1.165, 1.54) is 0 Å². The number of rotatable bonds is 4. The van der Waals surface area contributed by atoms with Gasteiger partial charge in [-0.05, 0) is 23.3 Å². The van der Waals surface area contributed by atoms with Crippen molar-refractivity contribution in [3.8, 4) is 0 Å². The third kappa shape index (κ3) is 3.24. The summed E-state index contributed by atoms with van der Waals surface area (Å²) in [7, 11) is 0. The summed E-state index contributed by atoms with van der Waals surface area (Å²) in [5.74, 6) is 0. The fraction of sp³-hybridized carbons (Fsp3) is 0. The van der Waals surface area contributed by atoms with E-state index in [0.29, 0.717) is 4.99 Å². The monoisotopic (exact) mass is 343 g/mol. The van der Waals surface area contributed by atoms with E-state index in [-0.39, 0.29) is 0 Å². The predicted octanol–water partition coefficient (Wildman–Crippen LogP) is 5.52. The second kappa shape index (κ2) is 6.64. The van der Waals surface area contributed by atoms with Crippen molar-refractivity contribution in [1.82, 2.24) is 0 Å². The fourth-order valence-corrected chi connectivity index (χ4v) is 2.52. The summed E-state index contributed by atoms with van der Waals surface area (Å²) in [6.07, 6.45) is 3.61. The second-order valence-electron chi connectivity index (χ2n) is 4.18. The molecule has 3 heteroatoms. The average molecular weight is 344 g/mol. The molecule has 0 saturated heterocycles. The molecular formula is C17H14BrNS. The van der Waals surface area contributed by atoms with Crippen LogP contribution in [0.15, 0.2) is 60.1 Å². The van der Waals surface area contributed by atoms with Crippen molar-refractivity contribution < 1.29 is 0 Å². The Labute approximate surface area is 133 Å². The molecule has 0 amide bonds. The van der Waals surface area contributed by atoms with Crippen molar-refractivity contribution in [2.45, 2.75) is 0 Å². The van der Waals surface area contributed by atoms with E-state index >= 15 is 0 Å². The molecule has 20 heavy (non-hydrogen) atoms. The molecule has 1 N–H and O–H groups in total. The van der Waals surface area contributed by atoms with E-state index in [1.54, 1.807) is 12.2 Å². The standard InChI is InChI=1S/C17H14BrNS/c1-3-12-7-5-8-13(4-2)16(12)19-17(20)14-9-6-10-15(18)11-14/h3-11H,1-2H2,(H,19,20). The molecule has 0 aliphatic heterocycles. The minimum absolute atomic E-state index is 0.670. The minimum Gasteiger partial charge on any atom is -0.345 e. The molecule has 0 fully saturated rings.